The zero-order chi connectivity index (χ0) is 18.5. The minimum Gasteiger partial charge on any atom is -0.491 e. The monoisotopic (exact) mass is 358 g/mol. The largest absolute Gasteiger partial charge is 0.491 e. The van der Waals surface area contributed by atoms with E-state index in [9.17, 15) is 0 Å². The lowest BCUT2D eigenvalue weighted by atomic mass is 10.2. The Morgan fingerprint density at radius 2 is 1.56 bits per heavy atom. The Kier molecular flexibility index (Phi) is 5.06. The van der Waals surface area contributed by atoms with Gasteiger partial charge in [-0.3, -0.25) is 0 Å². The van der Waals surface area contributed by atoms with Gasteiger partial charge in [0, 0.05) is 0 Å². The molecule has 0 aliphatic heterocycles. The van der Waals surface area contributed by atoms with E-state index in [-0.39, 0.29) is 0 Å². The summed E-state index contributed by atoms with van der Waals surface area (Å²) >= 11 is 0. The summed E-state index contributed by atoms with van der Waals surface area (Å²) in [4.78, 5) is 4.75. The molecule has 0 fully saturated rings. The normalized spacial score (nSPS) is 10.9. The molecule has 1 aromatic heterocycles. The zero-order valence-electron chi connectivity index (χ0n) is 15.3. The molecule has 4 heteroatoms. The highest BCUT2D eigenvalue weighted by Gasteiger charge is 2.11. The van der Waals surface area contributed by atoms with Gasteiger partial charge in [-0.15, -0.1) is 0 Å². The summed E-state index contributed by atoms with van der Waals surface area (Å²) in [6, 6.07) is 26.0. The Hall–Kier alpha value is -3.27. The number of hydrogen-bond acceptors (Lipinski definition) is 3. The first kappa shape index (κ1) is 17.2. The van der Waals surface area contributed by atoms with Crippen LogP contribution in [-0.4, -0.2) is 16.2 Å². The van der Waals surface area contributed by atoms with Gasteiger partial charge in [0.15, 0.2) is 0 Å². The van der Waals surface area contributed by atoms with Gasteiger partial charge in [0.25, 0.3) is 0 Å². The van der Waals surface area contributed by atoms with Crippen LogP contribution in [0.5, 0.6) is 11.5 Å². The quantitative estimate of drug-likeness (QED) is 0.466. The number of fused-ring (bicyclic) bond motifs is 1. The van der Waals surface area contributed by atoms with Gasteiger partial charge in [-0.05, 0) is 42.8 Å². The van der Waals surface area contributed by atoms with Crippen LogP contribution >= 0.6 is 0 Å². The first-order valence-corrected chi connectivity index (χ1v) is 9.12. The first-order chi connectivity index (χ1) is 13.3. The molecule has 0 saturated carbocycles. The summed E-state index contributed by atoms with van der Waals surface area (Å²) in [5, 5.41) is 0. The second-order valence-corrected chi connectivity index (χ2v) is 6.38. The molecule has 0 spiro atoms. The van der Waals surface area contributed by atoms with Gasteiger partial charge in [-0.25, -0.2) is 4.98 Å². The maximum absolute atomic E-state index is 5.99. The topological polar surface area (TPSA) is 36.3 Å². The average molecular weight is 358 g/mol. The molecular weight excluding hydrogens is 336 g/mol. The second-order valence-electron chi connectivity index (χ2n) is 6.38. The van der Waals surface area contributed by atoms with Crippen molar-refractivity contribution in [3.05, 3.63) is 90.3 Å². The molecule has 0 aliphatic carbocycles. The van der Waals surface area contributed by atoms with E-state index in [4.69, 9.17) is 14.5 Å². The Labute approximate surface area is 159 Å². The Balaban J connectivity index is 1.52. The van der Waals surface area contributed by atoms with E-state index in [1.165, 1.54) is 0 Å². The van der Waals surface area contributed by atoms with Crippen molar-refractivity contribution in [2.24, 2.45) is 0 Å². The van der Waals surface area contributed by atoms with Crippen LogP contribution in [0.4, 0.5) is 0 Å². The number of nitrogens with zero attached hydrogens (tertiary/aromatic N) is 2. The average Bonchev–Trinajstić information content (AvgIpc) is 3.06. The van der Waals surface area contributed by atoms with Gasteiger partial charge in [0.1, 0.15) is 30.5 Å². The first-order valence-electron chi connectivity index (χ1n) is 9.12. The summed E-state index contributed by atoms with van der Waals surface area (Å²) in [7, 11) is 0. The zero-order valence-corrected chi connectivity index (χ0v) is 15.3. The predicted octanol–water partition coefficient (Wildman–Crippen LogP) is 5.00. The molecule has 0 radical (unpaired) electrons. The van der Waals surface area contributed by atoms with Gasteiger partial charge in [-0.2, -0.15) is 0 Å². The van der Waals surface area contributed by atoms with E-state index >= 15 is 0 Å². The van der Waals surface area contributed by atoms with Crippen LogP contribution in [-0.2, 0) is 13.2 Å². The highest BCUT2D eigenvalue weighted by atomic mass is 16.5. The SMILES string of the molecule is Cc1ccccc1OCCn1c(COc2ccccc2)nc2ccccc21. The third kappa shape index (κ3) is 3.95. The summed E-state index contributed by atoms with van der Waals surface area (Å²) in [5.74, 6) is 2.66. The molecule has 3 aromatic carbocycles. The molecule has 1 heterocycles. The maximum Gasteiger partial charge on any atom is 0.148 e. The molecule has 136 valence electrons. The molecule has 0 unspecified atom stereocenters. The van der Waals surface area contributed by atoms with E-state index in [1.54, 1.807) is 0 Å². The van der Waals surface area contributed by atoms with Gasteiger partial charge in [0.2, 0.25) is 0 Å². The number of aryl methyl sites for hydroxylation is 1. The van der Waals surface area contributed by atoms with E-state index in [2.05, 4.69) is 23.6 Å². The third-order valence-corrected chi connectivity index (χ3v) is 4.51. The van der Waals surface area contributed by atoms with Crippen LogP contribution in [0.1, 0.15) is 11.4 Å². The van der Waals surface area contributed by atoms with Crippen LogP contribution in [0.2, 0.25) is 0 Å². The van der Waals surface area contributed by atoms with E-state index in [0.29, 0.717) is 19.8 Å². The summed E-state index contributed by atoms with van der Waals surface area (Å²) in [6.45, 7) is 3.76. The molecule has 27 heavy (non-hydrogen) atoms. The summed E-state index contributed by atoms with van der Waals surface area (Å²) in [6.07, 6.45) is 0. The van der Waals surface area contributed by atoms with Crippen molar-refractivity contribution < 1.29 is 9.47 Å². The minimum atomic E-state index is 0.420. The molecule has 0 amide bonds. The Bertz CT molecular complexity index is 1020. The second kappa shape index (κ2) is 7.96. The van der Waals surface area contributed by atoms with E-state index < -0.39 is 0 Å². The van der Waals surface area contributed by atoms with Crippen molar-refractivity contribution in [1.82, 2.24) is 9.55 Å². The van der Waals surface area contributed by atoms with Crippen molar-refractivity contribution in [3.8, 4) is 11.5 Å². The number of ether oxygens (including phenoxy) is 2. The number of para-hydroxylation sites is 4. The molecule has 4 rings (SSSR count). The third-order valence-electron chi connectivity index (χ3n) is 4.51. The van der Waals surface area contributed by atoms with Gasteiger partial charge in [0.05, 0.1) is 17.6 Å². The standard InChI is InChI=1S/C23H22N2O2/c1-18-9-5-8-14-22(18)26-16-15-25-21-13-7-6-12-20(21)24-23(25)17-27-19-10-3-2-4-11-19/h2-14H,15-17H2,1H3. The van der Waals surface area contributed by atoms with Gasteiger partial charge < -0.3 is 14.0 Å². The van der Waals surface area contributed by atoms with Crippen LogP contribution in [0.3, 0.4) is 0 Å². The molecule has 0 saturated heterocycles. The Morgan fingerprint density at radius 3 is 2.41 bits per heavy atom. The number of rotatable bonds is 7. The smallest absolute Gasteiger partial charge is 0.148 e. The fraction of sp³-hybridized carbons (Fsp3) is 0.174. The van der Waals surface area contributed by atoms with Crippen molar-refractivity contribution in [3.63, 3.8) is 0 Å². The number of hydrogen-bond donors (Lipinski definition) is 0. The van der Waals surface area contributed by atoms with Crippen molar-refractivity contribution in [2.45, 2.75) is 20.1 Å². The fourth-order valence-corrected chi connectivity index (χ4v) is 3.11. The highest BCUT2D eigenvalue weighted by Crippen LogP contribution is 2.20. The van der Waals surface area contributed by atoms with Crippen LogP contribution < -0.4 is 9.47 Å². The molecular formula is C23H22N2O2. The molecule has 4 aromatic rings. The minimum absolute atomic E-state index is 0.420. The van der Waals surface area contributed by atoms with Crippen LogP contribution in [0.25, 0.3) is 11.0 Å². The van der Waals surface area contributed by atoms with Crippen LogP contribution in [0, 0.1) is 6.92 Å². The summed E-state index contributed by atoms with van der Waals surface area (Å²) < 4.78 is 14.1. The fourth-order valence-electron chi connectivity index (χ4n) is 3.11. The molecule has 0 N–H and O–H groups in total. The maximum atomic E-state index is 5.99. The number of benzene rings is 3. The number of aromatic nitrogens is 2. The van der Waals surface area contributed by atoms with Gasteiger partial charge >= 0.3 is 0 Å². The van der Waals surface area contributed by atoms with Crippen molar-refractivity contribution in [1.29, 1.82) is 0 Å². The Morgan fingerprint density at radius 1 is 0.815 bits per heavy atom. The highest BCUT2D eigenvalue weighted by molar-refractivity contribution is 5.75. The molecule has 4 nitrogen and oxygen atoms in total. The predicted molar refractivity (Wildman–Crippen MR) is 107 cm³/mol. The lowest BCUT2D eigenvalue weighted by Crippen LogP contribution is -2.13. The lowest BCUT2D eigenvalue weighted by molar-refractivity contribution is 0.271. The molecule has 0 atom stereocenters. The lowest BCUT2D eigenvalue weighted by Gasteiger charge is -2.12. The molecule has 0 aliphatic rings. The molecule has 0 bridgehead atoms. The van der Waals surface area contributed by atoms with E-state index in [0.717, 1.165) is 33.9 Å². The van der Waals surface area contributed by atoms with Crippen LogP contribution in [0.15, 0.2) is 78.9 Å². The van der Waals surface area contributed by atoms with Gasteiger partial charge in [-0.1, -0.05) is 48.5 Å². The number of imidazole rings is 1. The van der Waals surface area contributed by atoms with Crippen molar-refractivity contribution in [2.75, 3.05) is 6.61 Å². The van der Waals surface area contributed by atoms with Crippen molar-refractivity contribution >= 4 is 11.0 Å². The summed E-state index contributed by atoms with van der Waals surface area (Å²) in [5.41, 5.74) is 3.21. The van der Waals surface area contributed by atoms with E-state index in [1.807, 2.05) is 66.7 Å².